The van der Waals surface area contributed by atoms with Crippen molar-refractivity contribution >= 4 is 24.0 Å². The number of rotatable bonds is 4. The van der Waals surface area contributed by atoms with E-state index in [0.717, 1.165) is 25.9 Å². The van der Waals surface area contributed by atoms with Crippen LogP contribution in [0, 0.1) is 5.82 Å². The Bertz CT molecular complexity index is 492. The van der Waals surface area contributed by atoms with Gasteiger partial charge in [-0.05, 0) is 59.1 Å². The molecule has 1 aromatic carbocycles. The van der Waals surface area contributed by atoms with Gasteiger partial charge >= 0.3 is 0 Å². The van der Waals surface area contributed by atoms with Crippen molar-refractivity contribution in [2.45, 2.75) is 31.8 Å². The number of benzene rings is 1. The maximum atomic E-state index is 13.6. The molecule has 0 radical (unpaired) electrons. The van der Waals surface area contributed by atoms with Crippen LogP contribution in [0.1, 0.15) is 19.8 Å². The highest BCUT2D eigenvalue weighted by Crippen LogP contribution is 2.18. The summed E-state index contributed by atoms with van der Waals surface area (Å²) in [6, 6.07) is 6.38. The average Bonchev–Trinajstić information content (AvgIpc) is 2.49. The molecule has 1 aromatic rings. The van der Waals surface area contributed by atoms with Gasteiger partial charge in [0, 0.05) is 6.04 Å². The zero-order valence-corrected chi connectivity index (χ0v) is 14.2. The molecule has 6 heteroatoms. The average molecular weight is 330 g/mol. The van der Waals surface area contributed by atoms with E-state index in [2.05, 4.69) is 22.2 Å². The van der Waals surface area contributed by atoms with Crippen molar-refractivity contribution in [2.24, 2.45) is 0 Å². The minimum Gasteiger partial charge on any atom is -0.322 e. The lowest BCUT2D eigenvalue weighted by Gasteiger charge is -2.37. The number of nitrogens with one attached hydrogen (secondary N) is 1. The minimum atomic E-state index is -0.403. The minimum absolute atomic E-state index is 0. The highest BCUT2D eigenvalue weighted by molar-refractivity contribution is 5.94. The van der Waals surface area contributed by atoms with Crippen molar-refractivity contribution in [3.8, 4) is 0 Å². The molecule has 0 aliphatic carbocycles. The van der Waals surface area contributed by atoms with Crippen LogP contribution >= 0.6 is 12.4 Å². The van der Waals surface area contributed by atoms with E-state index in [1.54, 1.807) is 18.2 Å². The number of nitrogens with zero attached hydrogens (tertiary/aromatic N) is 2. The molecule has 1 fully saturated rings. The standard InChI is InChI=1S/C16H24FN3O.ClH/c1-12(20(3)13-8-10-19(2)11-9-13)16(21)18-15-7-5-4-6-14(15)17;/h4-7,12-13H,8-11H2,1-3H3,(H,18,21);1H. The topological polar surface area (TPSA) is 35.6 Å². The summed E-state index contributed by atoms with van der Waals surface area (Å²) < 4.78 is 13.6. The van der Waals surface area contributed by atoms with Crippen molar-refractivity contribution in [3.63, 3.8) is 0 Å². The Hall–Kier alpha value is -1.17. The number of likely N-dealkylation sites (tertiary alicyclic amines) is 1. The van der Waals surface area contributed by atoms with Gasteiger partial charge in [0.15, 0.2) is 0 Å². The van der Waals surface area contributed by atoms with Crippen LogP contribution in [-0.2, 0) is 4.79 Å². The van der Waals surface area contributed by atoms with Crippen molar-refractivity contribution in [3.05, 3.63) is 30.1 Å². The lowest BCUT2D eigenvalue weighted by atomic mass is 10.0. The second-order valence-corrected chi connectivity index (χ2v) is 5.84. The fourth-order valence-electron chi connectivity index (χ4n) is 2.70. The molecule has 1 heterocycles. The van der Waals surface area contributed by atoms with Crippen LogP contribution < -0.4 is 5.32 Å². The van der Waals surface area contributed by atoms with Crippen molar-refractivity contribution in [1.29, 1.82) is 0 Å². The first-order valence-electron chi connectivity index (χ1n) is 7.45. The van der Waals surface area contributed by atoms with E-state index >= 15 is 0 Å². The predicted molar refractivity (Wildman–Crippen MR) is 90.0 cm³/mol. The van der Waals surface area contributed by atoms with Gasteiger partial charge in [0.05, 0.1) is 11.7 Å². The fourth-order valence-corrected chi connectivity index (χ4v) is 2.70. The van der Waals surface area contributed by atoms with Crippen molar-refractivity contribution in [2.75, 3.05) is 32.5 Å². The number of carbonyl (C=O) groups is 1. The van der Waals surface area contributed by atoms with Crippen LogP contribution in [-0.4, -0.2) is 55.0 Å². The second kappa shape index (κ2) is 8.46. The third-order valence-electron chi connectivity index (χ3n) is 4.39. The van der Waals surface area contributed by atoms with Gasteiger partial charge in [-0.3, -0.25) is 9.69 Å². The number of likely N-dealkylation sites (N-methyl/N-ethyl adjacent to an activating group) is 1. The predicted octanol–water partition coefficient (Wildman–Crippen LogP) is 2.60. The quantitative estimate of drug-likeness (QED) is 0.922. The molecule has 1 amide bonds. The number of hydrogen-bond donors (Lipinski definition) is 1. The van der Waals surface area contributed by atoms with Gasteiger partial charge in [-0.15, -0.1) is 12.4 Å². The highest BCUT2D eigenvalue weighted by atomic mass is 35.5. The van der Waals surface area contributed by atoms with Crippen LogP contribution in [0.15, 0.2) is 24.3 Å². The molecule has 2 rings (SSSR count). The Morgan fingerprint density at radius 1 is 1.36 bits per heavy atom. The smallest absolute Gasteiger partial charge is 0.241 e. The van der Waals surface area contributed by atoms with Crippen LogP contribution in [0.2, 0.25) is 0 Å². The van der Waals surface area contributed by atoms with Gasteiger partial charge in [0.2, 0.25) is 5.91 Å². The zero-order valence-electron chi connectivity index (χ0n) is 13.4. The molecule has 0 spiro atoms. The second-order valence-electron chi connectivity index (χ2n) is 5.84. The molecule has 1 N–H and O–H groups in total. The SMILES string of the molecule is CC(C(=O)Nc1ccccc1F)N(C)C1CCN(C)CC1.Cl. The van der Waals surface area contributed by atoms with Gasteiger partial charge < -0.3 is 10.2 Å². The van der Waals surface area contributed by atoms with E-state index in [9.17, 15) is 9.18 Å². The molecular formula is C16H25ClFN3O. The van der Waals surface area contributed by atoms with Crippen LogP contribution in [0.25, 0.3) is 0 Å². The lowest BCUT2D eigenvalue weighted by molar-refractivity contribution is -0.121. The summed E-state index contributed by atoms with van der Waals surface area (Å²) in [7, 11) is 4.09. The summed E-state index contributed by atoms with van der Waals surface area (Å²) >= 11 is 0. The van der Waals surface area contributed by atoms with Crippen LogP contribution in [0.5, 0.6) is 0 Å². The summed E-state index contributed by atoms with van der Waals surface area (Å²) in [5.74, 6) is -0.568. The summed E-state index contributed by atoms with van der Waals surface area (Å²) in [5.41, 5.74) is 0.242. The Morgan fingerprint density at radius 3 is 2.55 bits per heavy atom. The molecule has 1 aliphatic rings. The highest BCUT2D eigenvalue weighted by Gasteiger charge is 2.27. The van der Waals surface area contributed by atoms with E-state index in [-0.39, 0.29) is 30.0 Å². The number of halogens is 2. The maximum absolute atomic E-state index is 13.6. The molecule has 1 aliphatic heterocycles. The number of piperidine rings is 1. The van der Waals surface area contributed by atoms with Crippen LogP contribution in [0.4, 0.5) is 10.1 Å². The van der Waals surface area contributed by atoms with E-state index in [1.165, 1.54) is 6.07 Å². The molecule has 1 atom stereocenters. The number of anilines is 1. The molecule has 1 unspecified atom stereocenters. The van der Waals surface area contributed by atoms with Gasteiger partial charge in [-0.2, -0.15) is 0 Å². The van der Waals surface area contributed by atoms with E-state index in [1.807, 2.05) is 14.0 Å². The first-order valence-corrected chi connectivity index (χ1v) is 7.45. The van der Waals surface area contributed by atoms with E-state index in [0.29, 0.717) is 6.04 Å². The fraction of sp³-hybridized carbons (Fsp3) is 0.562. The molecule has 22 heavy (non-hydrogen) atoms. The summed E-state index contributed by atoms with van der Waals surface area (Å²) in [6.45, 7) is 3.97. The third-order valence-corrected chi connectivity index (χ3v) is 4.39. The zero-order chi connectivity index (χ0) is 15.4. The van der Waals surface area contributed by atoms with Gasteiger partial charge in [-0.1, -0.05) is 12.1 Å². The molecule has 0 bridgehead atoms. The van der Waals surface area contributed by atoms with E-state index < -0.39 is 5.82 Å². The Kier molecular flexibility index (Phi) is 7.26. The van der Waals surface area contributed by atoms with Gasteiger partial charge in [-0.25, -0.2) is 4.39 Å². The van der Waals surface area contributed by atoms with Gasteiger partial charge in [0.25, 0.3) is 0 Å². The summed E-state index contributed by atoms with van der Waals surface area (Å²) in [5, 5.41) is 2.67. The molecule has 4 nitrogen and oxygen atoms in total. The lowest BCUT2D eigenvalue weighted by Crippen LogP contribution is -2.49. The number of carbonyl (C=O) groups excluding carboxylic acids is 1. The summed E-state index contributed by atoms with van der Waals surface area (Å²) in [6.07, 6.45) is 2.12. The van der Waals surface area contributed by atoms with E-state index in [4.69, 9.17) is 0 Å². The third kappa shape index (κ3) is 4.66. The first kappa shape index (κ1) is 18.9. The molecule has 124 valence electrons. The summed E-state index contributed by atoms with van der Waals surface area (Å²) in [4.78, 5) is 16.7. The number of hydrogen-bond acceptors (Lipinski definition) is 3. The normalized spacial score (nSPS) is 17.9. The van der Waals surface area contributed by atoms with Crippen LogP contribution in [0.3, 0.4) is 0 Å². The monoisotopic (exact) mass is 329 g/mol. The largest absolute Gasteiger partial charge is 0.322 e. The van der Waals surface area contributed by atoms with Crippen molar-refractivity contribution in [1.82, 2.24) is 9.80 Å². The molecule has 1 saturated heterocycles. The number of amides is 1. The Labute approximate surface area is 138 Å². The Morgan fingerprint density at radius 2 is 1.95 bits per heavy atom. The Balaban J connectivity index is 0.00000242. The first-order chi connectivity index (χ1) is 9.99. The number of para-hydroxylation sites is 1. The molecular weight excluding hydrogens is 305 g/mol. The van der Waals surface area contributed by atoms with Crippen molar-refractivity contribution < 1.29 is 9.18 Å². The molecule has 0 aromatic heterocycles. The van der Waals surface area contributed by atoms with Gasteiger partial charge in [0.1, 0.15) is 5.82 Å². The maximum Gasteiger partial charge on any atom is 0.241 e. The molecule has 0 saturated carbocycles.